The fourth-order valence-corrected chi connectivity index (χ4v) is 13.7. The number of rotatable bonds is 18. The lowest BCUT2D eigenvalue weighted by Crippen LogP contribution is -2.65. The van der Waals surface area contributed by atoms with Crippen LogP contribution in [0.15, 0.2) is 29.4 Å². The summed E-state index contributed by atoms with van der Waals surface area (Å²) in [5.74, 6) is 0.788. The molecule has 0 spiro atoms. The van der Waals surface area contributed by atoms with Gasteiger partial charge in [0.25, 0.3) is 0 Å². The highest BCUT2D eigenvalue weighted by molar-refractivity contribution is 8.14. The Labute approximate surface area is 320 Å². The van der Waals surface area contributed by atoms with E-state index in [1.807, 2.05) is 24.3 Å². The van der Waals surface area contributed by atoms with Crippen molar-refractivity contribution in [3.63, 3.8) is 0 Å². The van der Waals surface area contributed by atoms with E-state index in [0.717, 1.165) is 11.3 Å². The minimum absolute atomic E-state index is 0.268. The Morgan fingerprint density at radius 1 is 0.667 bits per heavy atom. The van der Waals surface area contributed by atoms with Gasteiger partial charge in [0, 0.05) is 6.42 Å². The monoisotopic (exact) mass is 857 g/mol. The first-order valence-electron chi connectivity index (χ1n) is 17.7. The lowest BCUT2D eigenvalue weighted by atomic mass is 10.0. The number of nitrogens with zero attached hydrogens (tertiary/aromatic N) is 1. The molecule has 1 aromatic rings. The summed E-state index contributed by atoms with van der Waals surface area (Å²) in [7, 11) is -17.2. The molecule has 5 unspecified atom stereocenters. The molecule has 1 fully saturated rings. The van der Waals surface area contributed by atoms with Gasteiger partial charge in [0.15, 0.2) is 33.3 Å². The van der Waals surface area contributed by atoms with Crippen LogP contribution in [0.3, 0.4) is 0 Å². The van der Waals surface area contributed by atoms with Crippen LogP contribution < -0.4 is 4.43 Å². The molecular formula is C32H67NO10S2Si6. The SMILES string of the molecule is C[Si](C)(C)OCC1OC(SC(Cc2ccc(O[Si](C)(C)C)cc2)=NOS(=O)(=O)O[Si](C)(C)C)C(O[Si](C)(C)C)C(O[Si](C)(C)C)C1O[Si](C)(C)C. The van der Waals surface area contributed by atoms with Crippen molar-refractivity contribution in [3.05, 3.63) is 29.8 Å². The molecule has 1 aromatic carbocycles. The van der Waals surface area contributed by atoms with E-state index < -0.39 is 90.2 Å². The molecule has 0 amide bonds. The standard InChI is InChI=1S/C32H67NO10S2Si6/c1-46(2,3)36-24-27-29(39-48(7,8)9)30(40-49(10,11)12)31(41-50(13,14)15)32(37-27)44-28(33-42-45(34,35)43-51(16,17)18)23-25-19-21-26(22-20-25)38-47(4,5)6/h19-22,27,29-32H,23-24H2,1-18H3. The molecule has 19 heteroatoms. The second-order valence-electron chi connectivity index (χ2n) is 18.9. The Bertz CT molecular complexity index is 1390. The predicted octanol–water partition coefficient (Wildman–Crippen LogP) is 8.84. The highest BCUT2D eigenvalue weighted by Crippen LogP contribution is 2.39. The highest BCUT2D eigenvalue weighted by atomic mass is 32.3. The van der Waals surface area contributed by atoms with E-state index in [1.54, 1.807) is 19.6 Å². The molecule has 0 bridgehead atoms. The van der Waals surface area contributed by atoms with Gasteiger partial charge >= 0.3 is 10.4 Å². The van der Waals surface area contributed by atoms with Crippen LogP contribution in [0.5, 0.6) is 5.75 Å². The van der Waals surface area contributed by atoms with E-state index in [-0.39, 0.29) is 6.42 Å². The van der Waals surface area contributed by atoms with Crippen molar-refractivity contribution in [2.75, 3.05) is 6.61 Å². The van der Waals surface area contributed by atoms with E-state index in [1.165, 1.54) is 11.8 Å². The Kier molecular flexibility index (Phi) is 16.4. The van der Waals surface area contributed by atoms with Crippen LogP contribution in [0.25, 0.3) is 0 Å². The third kappa shape index (κ3) is 19.8. The van der Waals surface area contributed by atoms with Gasteiger partial charge in [0.2, 0.25) is 16.6 Å². The van der Waals surface area contributed by atoms with Crippen LogP contribution >= 0.6 is 11.8 Å². The number of thioether (sulfide) groups is 1. The van der Waals surface area contributed by atoms with Crippen LogP contribution in [0, 0.1) is 0 Å². The number of hydrogen-bond donors (Lipinski definition) is 0. The third-order valence-electron chi connectivity index (χ3n) is 6.28. The van der Waals surface area contributed by atoms with E-state index >= 15 is 0 Å². The van der Waals surface area contributed by atoms with Crippen LogP contribution in [-0.4, -0.2) is 99.8 Å². The van der Waals surface area contributed by atoms with Crippen LogP contribution in [0.4, 0.5) is 0 Å². The van der Waals surface area contributed by atoms with E-state index in [4.69, 9.17) is 35.0 Å². The lowest BCUT2D eigenvalue weighted by molar-refractivity contribution is -0.188. The zero-order valence-corrected chi connectivity index (χ0v) is 42.1. The minimum atomic E-state index is -4.41. The van der Waals surface area contributed by atoms with Gasteiger partial charge in [-0.15, -0.1) is 0 Å². The Hall–Kier alpha value is -0.149. The predicted molar refractivity (Wildman–Crippen MR) is 226 cm³/mol. The molecule has 0 radical (unpaired) electrons. The zero-order chi connectivity index (χ0) is 39.4. The molecule has 1 heterocycles. The second-order valence-corrected chi connectivity index (χ2v) is 48.2. The van der Waals surface area contributed by atoms with Gasteiger partial charge in [-0.2, -0.15) is 8.42 Å². The molecule has 0 aliphatic carbocycles. The molecule has 0 N–H and O–H groups in total. The summed E-state index contributed by atoms with van der Waals surface area (Å²) in [6.07, 6.45) is -1.65. The maximum atomic E-state index is 12.9. The van der Waals surface area contributed by atoms with Gasteiger partial charge in [-0.1, -0.05) is 29.1 Å². The summed E-state index contributed by atoms with van der Waals surface area (Å²) in [6, 6.07) is 7.76. The van der Waals surface area contributed by atoms with Gasteiger partial charge in [-0.25, -0.2) is 4.28 Å². The van der Waals surface area contributed by atoms with Crippen molar-refractivity contribution in [1.29, 1.82) is 0 Å². The summed E-state index contributed by atoms with van der Waals surface area (Å²) in [4.78, 5) is 0. The molecule has 1 saturated heterocycles. The maximum Gasteiger partial charge on any atom is 0.459 e. The average molecular weight is 859 g/mol. The van der Waals surface area contributed by atoms with Gasteiger partial charge in [-0.3, -0.25) is 3.87 Å². The molecule has 51 heavy (non-hydrogen) atoms. The third-order valence-corrected chi connectivity index (χ3v) is 15.3. The summed E-state index contributed by atoms with van der Waals surface area (Å²) in [5.41, 5.74) is 0.246. The summed E-state index contributed by atoms with van der Waals surface area (Å²) < 4.78 is 76.8. The molecule has 5 atom stereocenters. The molecule has 0 saturated carbocycles. The Balaban J connectivity index is 2.70. The van der Waals surface area contributed by atoms with Crippen LogP contribution in [0.1, 0.15) is 5.56 Å². The Morgan fingerprint density at radius 2 is 1.16 bits per heavy atom. The van der Waals surface area contributed by atoms with Crippen LogP contribution in [-0.2, 0) is 47.4 Å². The van der Waals surface area contributed by atoms with Crippen molar-refractivity contribution in [3.8, 4) is 5.75 Å². The minimum Gasteiger partial charge on any atom is -0.544 e. The van der Waals surface area contributed by atoms with E-state index in [0.29, 0.717) is 11.7 Å². The normalized spacial score (nSPS) is 23.3. The van der Waals surface area contributed by atoms with E-state index in [9.17, 15) is 8.42 Å². The van der Waals surface area contributed by atoms with Crippen molar-refractivity contribution in [2.45, 2.75) is 154 Å². The molecule has 11 nitrogen and oxygen atoms in total. The quantitative estimate of drug-likeness (QED) is 0.0610. The number of hydrogen-bond acceptors (Lipinski definition) is 12. The fraction of sp³-hybridized carbons (Fsp3) is 0.781. The van der Waals surface area contributed by atoms with Crippen molar-refractivity contribution in [2.24, 2.45) is 5.16 Å². The molecule has 2 rings (SSSR count). The first kappa shape index (κ1) is 47.0. The molecule has 0 aromatic heterocycles. The van der Waals surface area contributed by atoms with Crippen molar-refractivity contribution in [1.82, 2.24) is 0 Å². The number of oxime groups is 1. The highest BCUT2D eigenvalue weighted by Gasteiger charge is 2.52. The lowest BCUT2D eigenvalue weighted by Gasteiger charge is -2.51. The smallest absolute Gasteiger partial charge is 0.459 e. The first-order valence-corrected chi connectivity index (χ1v) is 40.3. The van der Waals surface area contributed by atoms with E-state index in [2.05, 4.69) is 103 Å². The second kappa shape index (κ2) is 17.8. The van der Waals surface area contributed by atoms with Gasteiger partial charge < -0.3 is 26.9 Å². The number of benzene rings is 1. The van der Waals surface area contributed by atoms with Gasteiger partial charge in [0.1, 0.15) is 40.6 Å². The number of ether oxygens (including phenoxy) is 1. The van der Waals surface area contributed by atoms with Crippen molar-refractivity contribution >= 4 is 77.1 Å². The zero-order valence-electron chi connectivity index (χ0n) is 34.5. The average Bonchev–Trinajstić information content (AvgIpc) is 2.86. The summed E-state index contributed by atoms with van der Waals surface area (Å²) in [6.45, 7) is 37.9. The Morgan fingerprint density at radius 3 is 1.61 bits per heavy atom. The maximum absolute atomic E-state index is 12.9. The summed E-state index contributed by atoms with van der Waals surface area (Å²) in [5, 5.41) is 4.61. The molecule has 1 aliphatic rings. The molecule has 296 valence electrons. The van der Waals surface area contributed by atoms with Gasteiger partial charge in [0.05, 0.1) is 6.61 Å². The largest absolute Gasteiger partial charge is 0.544 e. The molecule has 1 aliphatic heterocycles. The van der Waals surface area contributed by atoms with Crippen molar-refractivity contribution < 1.29 is 43.4 Å². The first-order chi connectivity index (χ1) is 22.7. The fourth-order valence-electron chi connectivity index (χ4n) is 4.91. The summed E-state index contributed by atoms with van der Waals surface area (Å²) >= 11 is 1.28. The van der Waals surface area contributed by atoms with Gasteiger partial charge in [-0.05, 0) is 136 Å². The molecular weight excluding hydrogens is 791 g/mol. The van der Waals surface area contributed by atoms with Crippen LogP contribution in [0.2, 0.25) is 118 Å². The topological polar surface area (TPSA) is 120 Å².